The Bertz CT molecular complexity index is 515. The van der Waals surface area contributed by atoms with E-state index in [2.05, 4.69) is 5.32 Å². The van der Waals surface area contributed by atoms with Crippen LogP contribution in [0.15, 0.2) is 18.2 Å². The maximum absolute atomic E-state index is 12.0. The summed E-state index contributed by atoms with van der Waals surface area (Å²) in [5, 5.41) is 2.79. The van der Waals surface area contributed by atoms with Crippen molar-refractivity contribution in [3.63, 3.8) is 0 Å². The number of nitrogens with one attached hydrogen (secondary N) is 1. The van der Waals surface area contributed by atoms with Gasteiger partial charge in [-0.2, -0.15) is 0 Å². The Balaban J connectivity index is 2.79. The van der Waals surface area contributed by atoms with Gasteiger partial charge in [0.1, 0.15) is 0 Å². The van der Waals surface area contributed by atoms with Crippen LogP contribution in [0.4, 0.5) is 0 Å². The van der Waals surface area contributed by atoms with Gasteiger partial charge in [0.2, 0.25) is 5.91 Å². The van der Waals surface area contributed by atoms with E-state index < -0.39 is 5.54 Å². The van der Waals surface area contributed by atoms with Gasteiger partial charge in [-0.25, -0.2) is 0 Å². The first-order valence-electron chi connectivity index (χ1n) is 6.12. The minimum atomic E-state index is -0.705. The first-order chi connectivity index (χ1) is 9.30. The third-order valence-corrected chi connectivity index (χ3v) is 3.39. The molecule has 5 nitrogen and oxygen atoms in total. The Morgan fingerprint density at radius 2 is 1.90 bits per heavy atom. The van der Waals surface area contributed by atoms with Gasteiger partial charge in [0.05, 0.1) is 31.2 Å². The van der Waals surface area contributed by atoms with Crippen LogP contribution in [0.5, 0.6) is 11.5 Å². The number of hydrogen-bond donors (Lipinski definition) is 2. The summed E-state index contributed by atoms with van der Waals surface area (Å²) < 4.78 is 10.3. The lowest BCUT2D eigenvalue weighted by molar-refractivity contribution is -0.121. The summed E-state index contributed by atoms with van der Waals surface area (Å²) in [5.41, 5.74) is 5.69. The number of nitrogens with two attached hydrogens (primary N) is 1. The molecule has 1 aromatic rings. The lowest BCUT2D eigenvalue weighted by Gasteiger charge is -2.24. The lowest BCUT2D eigenvalue weighted by Crippen LogP contribution is -2.52. The van der Waals surface area contributed by atoms with E-state index in [4.69, 9.17) is 27.4 Å². The number of methoxy groups -OCH3 is 2. The number of amides is 1. The molecule has 0 fully saturated rings. The van der Waals surface area contributed by atoms with Crippen LogP contribution in [0.3, 0.4) is 0 Å². The minimum absolute atomic E-state index is 0.157. The highest BCUT2D eigenvalue weighted by Gasteiger charge is 2.23. The van der Waals surface area contributed by atoms with Crippen molar-refractivity contribution in [3.8, 4) is 11.5 Å². The second-order valence-corrected chi connectivity index (χ2v) is 5.34. The van der Waals surface area contributed by atoms with E-state index in [1.54, 1.807) is 40.2 Å². The van der Waals surface area contributed by atoms with E-state index in [0.29, 0.717) is 11.5 Å². The van der Waals surface area contributed by atoms with Crippen molar-refractivity contribution in [1.29, 1.82) is 0 Å². The molecule has 0 heterocycles. The highest BCUT2D eigenvalue weighted by molar-refractivity contribution is 7.80. The molecule has 0 unspecified atom stereocenters. The first-order valence-corrected chi connectivity index (χ1v) is 6.53. The van der Waals surface area contributed by atoms with E-state index in [0.717, 1.165) is 5.56 Å². The van der Waals surface area contributed by atoms with Crippen molar-refractivity contribution in [2.45, 2.75) is 25.8 Å². The molecular weight excluding hydrogens is 276 g/mol. The van der Waals surface area contributed by atoms with Gasteiger partial charge >= 0.3 is 0 Å². The van der Waals surface area contributed by atoms with Gasteiger partial charge in [0.25, 0.3) is 0 Å². The summed E-state index contributed by atoms with van der Waals surface area (Å²) in [6, 6.07) is 5.35. The van der Waals surface area contributed by atoms with Crippen LogP contribution >= 0.6 is 12.2 Å². The highest BCUT2D eigenvalue weighted by Crippen LogP contribution is 2.27. The Kier molecular flexibility index (Phi) is 5.33. The summed E-state index contributed by atoms with van der Waals surface area (Å²) in [4.78, 5) is 12.2. The summed E-state index contributed by atoms with van der Waals surface area (Å²) in [6.07, 6.45) is 0.215. The largest absolute Gasteiger partial charge is 0.493 e. The van der Waals surface area contributed by atoms with Crippen LogP contribution in [0.1, 0.15) is 19.4 Å². The van der Waals surface area contributed by atoms with Gasteiger partial charge in [-0.15, -0.1) is 0 Å². The Labute approximate surface area is 124 Å². The summed E-state index contributed by atoms with van der Waals surface area (Å²) >= 11 is 4.91. The standard InChI is InChI=1S/C14H20N2O3S/c1-14(2,13(15)20)16-12(17)8-9-5-6-10(18-3)11(7-9)19-4/h5-7H,8H2,1-4H3,(H2,15,20)(H,16,17). The van der Waals surface area contributed by atoms with E-state index in [9.17, 15) is 4.79 Å². The second kappa shape index (κ2) is 6.56. The average Bonchev–Trinajstić information content (AvgIpc) is 2.37. The van der Waals surface area contributed by atoms with E-state index in [-0.39, 0.29) is 17.3 Å². The van der Waals surface area contributed by atoms with Crippen molar-refractivity contribution in [2.75, 3.05) is 14.2 Å². The van der Waals surface area contributed by atoms with Crippen molar-refractivity contribution >= 4 is 23.1 Å². The molecule has 0 aliphatic heterocycles. The Morgan fingerprint density at radius 1 is 1.30 bits per heavy atom. The molecule has 20 heavy (non-hydrogen) atoms. The zero-order valence-electron chi connectivity index (χ0n) is 12.1. The maximum Gasteiger partial charge on any atom is 0.225 e. The molecule has 110 valence electrons. The van der Waals surface area contributed by atoms with E-state index in [1.165, 1.54) is 0 Å². The summed E-state index contributed by atoms with van der Waals surface area (Å²) in [7, 11) is 3.12. The number of carbonyl (C=O) groups excluding carboxylic acids is 1. The maximum atomic E-state index is 12.0. The number of hydrogen-bond acceptors (Lipinski definition) is 4. The van der Waals surface area contributed by atoms with Gasteiger partial charge in [-0.3, -0.25) is 4.79 Å². The van der Waals surface area contributed by atoms with Crippen molar-refractivity contribution in [2.24, 2.45) is 5.73 Å². The quantitative estimate of drug-likeness (QED) is 0.777. The molecule has 6 heteroatoms. The molecule has 0 radical (unpaired) electrons. The second-order valence-electron chi connectivity index (χ2n) is 4.90. The average molecular weight is 296 g/mol. The molecule has 0 saturated carbocycles. The van der Waals surface area contributed by atoms with Gasteiger partial charge < -0.3 is 20.5 Å². The molecule has 0 aliphatic carbocycles. The molecule has 0 aromatic heterocycles. The van der Waals surface area contributed by atoms with Crippen molar-refractivity contribution < 1.29 is 14.3 Å². The predicted octanol–water partition coefficient (Wildman–Crippen LogP) is 1.43. The van der Waals surface area contributed by atoms with Crippen LogP contribution < -0.4 is 20.5 Å². The number of rotatable bonds is 6. The Hall–Kier alpha value is -1.82. The monoisotopic (exact) mass is 296 g/mol. The molecule has 0 spiro atoms. The molecule has 0 aliphatic rings. The van der Waals surface area contributed by atoms with Crippen LogP contribution in [0.2, 0.25) is 0 Å². The van der Waals surface area contributed by atoms with Crippen molar-refractivity contribution in [3.05, 3.63) is 23.8 Å². The fourth-order valence-corrected chi connectivity index (χ4v) is 1.68. The predicted molar refractivity (Wildman–Crippen MR) is 82.3 cm³/mol. The molecule has 0 atom stereocenters. The Morgan fingerprint density at radius 3 is 2.40 bits per heavy atom. The molecule has 0 bridgehead atoms. The molecule has 1 rings (SSSR count). The zero-order chi connectivity index (χ0) is 15.3. The third kappa shape index (κ3) is 4.09. The fraction of sp³-hybridized carbons (Fsp3) is 0.429. The van der Waals surface area contributed by atoms with Crippen molar-refractivity contribution in [1.82, 2.24) is 5.32 Å². The van der Waals surface area contributed by atoms with Crippen LogP contribution in [-0.2, 0) is 11.2 Å². The fourth-order valence-electron chi connectivity index (χ4n) is 1.63. The topological polar surface area (TPSA) is 73.6 Å². The smallest absolute Gasteiger partial charge is 0.225 e. The van der Waals surface area contributed by atoms with E-state index in [1.807, 2.05) is 6.07 Å². The molecule has 3 N–H and O–H groups in total. The van der Waals surface area contributed by atoms with Crippen LogP contribution in [-0.4, -0.2) is 30.7 Å². The number of ether oxygens (including phenoxy) is 2. The van der Waals surface area contributed by atoms with Crippen LogP contribution in [0.25, 0.3) is 0 Å². The minimum Gasteiger partial charge on any atom is -0.493 e. The normalized spacial score (nSPS) is 10.8. The van der Waals surface area contributed by atoms with E-state index >= 15 is 0 Å². The SMILES string of the molecule is COc1ccc(CC(=O)NC(C)(C)C(N)=S)cc1OC. The van der Waals surface area contributed by atoms with Gasteiger partial charge in [-0.1, -0.05) is 18.3 Å². The molecular formula is C14H20N2O3S. The first kappa shape index (κ1) is 16.2. The van der Waals surface area contributed by atoms with Gasteiger partial charge in [0, 0.05) is 0 Å². The summed E-state index contributed by atoms with van der Waals surface area (Å²) in [6.45, 7) is 3.53. The highest BCUT2D eigenvalue weighted by atomic mass is 32.1. The number of carbonyl (C=O) groups is 1. The van der Waals surface area contributed by atoms with Gasteiger partial charge in [0.15, 0.2) is 11.5 Å². The summed E-state index contributed by atoms with van der Waals surface area (Å²) in [5.74, 6) is 1.06. The lowest BCUT2D eigenvalue weighted by atomic mass is 10.0. The zero-order valence-corrected chi connectivity index (χ0v) is 13.0. The number of thiocarbonyl (C=S) groups is 1. The number of benzene rings is 1. The van der Waals surface area contributed by atoms with Gasteiger partial charge in [-0.05, 0) is 31.5 Å². The molecule has 0 saturated heterocycles. The molecule has 1 aromatic carbocycles. The van der Waals surface area contributed by atoms with Crippen LogP contribution in [0, 0.1) is 0 Å². The molecule has 1 amide bonds. The third-order valence-electron chi connectivity index (χ3n) is 2.88.